The zero-order valence-corrected chi connectivity index (χ0v) is 15.0. The molecule has 0 amide bonds. The highest BCUT2D eigenvalue weighted by molar-refractivity contribution is 7.98. The van der Waals surface area contributed by atoms with Gasteiger partial charge in [-0.2, -0.15) is 10.5 Å². The second-order valence-corrected chi connectivity index (χ2v) is 6.66. The van der Waals surface area contributed by atoms with E-state index >= 15 is 0 Å². The topological polar surface area (TPSA) is 86.5 Å². The van der Waals surface area contributed by atoms with Crippen LogP contribution in [0.4, 0.5) is 5.82 Å². The van der Waals surface area contributed by atoms with Crippen molar-refractivity contribution in [3.8, 4) is 12.1 Å². The van der Waals surface area contributed by atoms with Crippen molar-refractivity contribution in [2.45, 2.75) is 18.7 Å². The van der Waals surface area contributed by atoms with Crippen molar-refractivity contribution in [2.75, 3.05) is 12.0 Å². The Hall–Kier alpha value is -3.02. The van der Waals surface area contributed by atoms with Crippen LogP contribution in [0.3, 0.4) is 0 Å². The maximum absolute atomic E-state index is 9.56. The number of hydrogen-bond acceptors (Lipinski definition) is 5. The van der Waals surface area contributed by atoms with Gasteiger partial charge in [0, 0.05) is 10.5 Å². The number of anilines is 1. The first-order valence-corrected chi connectivity index (χ1v) is 8.92. The number of nitrogen functional groups attached to an aromatic ring is 1. The lowest BCUT2D eigenvalue weighted by atomic mass is 9.95. The minimum absolute atomic E-state index is 0.171. The Morgan fingerprint density at radius 1 is 1.12 bits per heavy atom. The molecule has 2 aromatic rings. The van der Waals surface area contributed by atoms with Gasteiger partial charge in [-0.1, -0.05) is 12.1 Å². The van der Waals surface area contributed by atoms with Crippen LogP contribution in [-0.2, 0) is 0 Å². The van der Waals surface area contributed by atoms with Gasteiger partial charge in [-0.15, -0.1) is 11.8 Å². The van der Waals surface area contributed by atoms with Crippen LogP contribution in [0.2, 0.25) is 0 Å². The Morgan fingerprint density at radius 3 is 2.36 bits per heavy atom. The van der Waals surface area contributed by atoms with Gasteiger partial charge in [-0.25, -0.2) is 4.98 Å². The predicted molar refractivity (Wildman–Crippen MR) is 102 cm³/mol. The summed E-state index contributed by atoms with van der Waals surface area (Å²) in [5.41, 5.74) is 11.8. The molecular weight excluding hydrogens is 328 g/mol. The first-order chi connectivity index (χ1) is 12.0. The molecule has 0 bridgehead atoms. The van der Waals surface area contributed by atoms with Gasteiger partial charge in [0.1, 0.15) is 18.0 Å². The summed E-state index contributed by atoms with van der Waals surface area (Å²) < 4.78 is 0. The summed E-state index contributed by atoms with van der Waals surface area (Å²) in [5, 5.41) is 18.9. The number of fused-ring (bicyclic) bond motifs is 1. The van der Waals surface area contributed by atoms with Crippen molar-refractivity contribution < 1.29 is 0 Å². The number of aromatic nitrogens is 1. The van der Waals surface area contributed by atoms with Crippen LogP contribution in [0, 0.1) is 29.6 Å². The van der Waals surface area contributed by atoms with E-state index in [-0.39, 0.29) is 5.82 Å². The van der Waals surface area contributed by atoms with Gasteiger partial charge in [0.2, 0.25) is 0 Å². The molecule has 122 valence electrons. The molecule has 0 atom stereocenters. The molecule has 4 nitrogen and oxygen atoms in total. The number of rotatable bonds is 2. The fraction of sp³-hybridized carbons (Fsp3) is 0.150. The monoisotopic (exact) mass is 344 g/mol. The molecule has 3 rings (SSSR count). The van der Waals surface area contributed by atoms with Crippen molar-refractivity contribution in [1.29, 1.82) is 10.5 Å². The summed E-state index contributed by atoms with van der Waals surface area (Å²) >= 11 is 1.69. The van der Waals surface area contributed by atoms with Crippen LogP contribution in [0.15, 0.2) is 34.7 Å². The highest BCUT2D eigenvalue weighted by Crippen LogP contribution is 2.44. The summed E-state index contributed by atoms with van der Waals surface area (Å²) in [4.78, 5) is 5.53. The van der Waals surface area contributed by atoms with Gasteiger partial charge < -0.3 is 5.73 Å². The predicted octanol–water partition coefficient (Wildman–Crippen LogP) is 4.42. The van der Waals surface area contributed by atoms with E-state index in [4.69, 9.17) is 5.73 Å². The Morgan fingerprint density at radius 2 is 1.80 bits per heavy atom. The largest absolute Gasteiger partial charge is 0.383 e. The summed E-state index contributed by atoms with van der Waals surface area (Å²) in [7, 11) is 0. The average molecular weight is 344 g/mol. The molecular formula is C20H16N4S. The van der Waals surface area contributed by atoms with Gasteiger partial charge in [0.25, 0.3) is 0 Å². The fourth-order valence-electron chi connectivity index (χ4n) is 3.06. The lowest BCUT2D eigenvalue weighted by molar-refractivity contribution is 1.22. The van der Waals surface area contributed by atoms with Gasteiger partial charge >= 0.3 is 0 Å². The molecule has 0 saturated carbocycles. The van der Waals surface area contributed by atoms with E-state index in [2.05, 4.69) is 29.3 Å². The van der Waals surface area contributed by atoms with E-state index in [1.54, 1.807) is 11.8 Å². The third-order valence-electron chi connectivity index (χ3n) is 4.41. The van der Waals surface area contributed by atoms with Crippen molar-refractivity contribution in [1.82, 2.24) is 4.98 Å². The first-order valence-electron chi connectivity index (χ1n) is 7.69. The average Bonchev–Trinajstić information content (AvgIpc) is 2.87. The highest BCUT2D eigenvalue weighted by Gasteiger charge is 2.29. The molecule has 1 aliphatic carbocycles. The summed E-state index contributed by atoms with van der Waals surface area (Å²) in [6.45, 7) is 3.76. The molecule has 2 N–H and O–H groups in total. The van der Waals surface area contributed by atoms with Gasteiger partial charge in [0.05, 0.1) is 16.8 Å². The van der Waals surface area contributed by atoms with E-state index in [1.165, 1.54) is 4.90 Å². The molecule has 0 saturated heterocycles. The molecule has 5 heteroatoms. The van der Waals surface area contributed by atoms with Crippen molar-refractivity contribution in [2.24, 2.45) is 0 Å². The molecule has 0 unspecified atom stereocenters. The molecule has 0 spiro atoms. The van der Waals surface area contributed by atoms with Crippen LogP contribution in [-0.4, -0.2) is 11.2 Å². The second kappa shape index (κ2) is 6.47. The van der Waals surface area contributed by atoms with E-state index < -0.39 is 0 Å². The number of benzene rings is 1. The van der Waals surface area contributed by atoms with Crippen LogP contribution < -0.4 is 5.73 Å². The minimum Gasteiger partial charge on any atom is -0.383 e. The zero-order valence-electron chi connectivity index (χ0n) is 14.2. The minimum atomic E-state index is 0.171. The lowest BCUT2D eigenvalue weighted by Gasteiger charge is -2.11. The number of nitriles is 2. The molecule has 1 aliphatic rings. The lowest BCUT2D eigenvalue weighted by Crippen LogP contribution is -2.03. The zero-order chi connectivity index (χ0) is 18.1. The molecule has 1 heterocycles. The summed E-state index contributed by atoms with van der Waals surface area (Å²) in [5.74, 6) is 0.171. The first kappa shape index (κ1) is 16.8. The number of allylic oxidation sites excluding steroid dienone is 3. The quantitative estimate of drug-likeness (QED) is 0.815. The Bertz CT molecular complexity index is 1020. The van der Waals surface area contributed by atoms with Crippen LogP contribution in [0.1, 0.15) is 34.9 Å². The van der Waals surface area contributed by atoms with E-state index in [1.807, 2.05) is 38.3 Å². The molecule has 25 heavy (non-hydrogen) atoms. The second-order valence-electron chi connectivity index (χ2n) is 5.78. The SMILES string of the molecule is CSc1ccc(/C=C2/C(C)=C(C#N)c3nc(N)c(C#N)c(C)c32)cc1. The number of nitrogens with zero attached hydrogens (tertiary/aromatic N) is 3. The van der Waals surface area contributed by atoms with E-state index in [9.17, 15) is 10.5 Å². The number of pyridine rings is 1. The third kappa shape index (κ3) is 2.69. The Labute approximate surface area is 151 Å². The third-order valence-corrected chi connectivity index (χ3v) is 5.15. The van der Waals surface area contributed by atoms with Crippen LogP contribution in [0.25, 0.3) is 17.2 Å². The number of thioether (sulfide) groups is 1. The van der Waals surface area contributed by atoms with Crippen LogP contribution >= 0.6 is 11.8 Å². The standard InChI is InChI=1S/C20H16N4S/c1-11-15(8-13-4-6-14(25-3)7-5-13)18-12(2)17(10-22)20(23)24-19(18)16(11)9-21/h4-8H,1-3H3,(H2,23,24)/b15-8-. The molecule has 1 aromatic carbocycles. The van der Waals surface area contributed by atoms with Gasteiger partial charge in [0.15, 0.2) is 0 Å². The maximum Gasteiger partial charge on any atom is 0.142 e. The summed E-state index contributed by atoms with van der Waals surface area (Å²) in [6.07, 6.45) is 4.07. The van der Waals surface area contributed by atoms with Gasteiger partial charge in [-0.3, -0.25) is 0 Å². The molecule has 1 aromatic heterocycles. The Kier molecular flexibility index (Phi) is 4.35. The van der Waals surface area contributed by atoms with Crippen molar-refractivity contribution >= 4 is 34.8 Å². The van der Waals surface area contributed by atoms with E-state index in [0.717, 1.165) is 27.8 Å². The maximum atomic E-state index is 9.56. The van der Waals surface area contributed by atoms with Crippen LogP contribution in [0.5, 0.6) is 0 Å². The van der Waals surface area contributed by atoms with Crippen molar-refractivity contribution in [3.05, 3.63) is 57.8 Å². The number of nitrogens with two attached hydrogens (primary N) is 1. The van der Waals surface area contributed by atoms with Crippen molar-refractivity contribution in [3.63, 3.8) is 0 Å². The highest BCUT2D eigenvalue weighted by atomic mass is 32.2. The summed E-state index contributed by atoms with van der Waals surface area (Å²) in [6, 6.07) is 12.6. The molecule has 0 aliphatic heterocycles. The molecule has 0 radical (unpaired) electrons. The normalized spacial score (nSPS) is 14.4. The Balaban J connectivity index is 2.26. The fourth-order valence-corrected chi connectivity index (χ4v) is 3.47. The molecule has 0 fully saturated rings. The van der Waals surface area contributed by atoms with Gasteiger partial charge in [-0.05, 0) is 60.6 Å². The number of hydrogen-bond donors (Lipinski definition) is 1. The van der Waals surface area contributed by atoms with E-state index in [0.29, 0.717) is 16.8 Å². The smallest absolute Gasteiger partial charge is 0.142 e.